The summed E-state index contributed by atoms with van der Waals surface area (Å²) in [5.41, 5.74) is 2.03. The van der Waals surface area contributed by atoms with Crippen LogP contribution in [0.3, 0.4) is 0 Å². The molecule has 1 atom stereocenters. The van der Waals surface area contributed by atoms with Crippen LogP contribution in [-0.4, -0.2) is 12.5 Å². The first-order valence-corrected chi connectivity index (χ1v) is 6.37. The van der Waals surface area contributed by atoms with E-state index in [9.17, 15) is 4.79 Å². The number of nitrogens with one attached hydrogen (secondary N) is 2. The molecule has 2 aromatic carbocycles. The summed E-state index contributed by atoms with van der Waals surface area (Å²) in [7, 11) is 0. The van der Waals surface area contributed by atoms with E-state index in [2.05, 4.69) is 35.8 Å². The fraction of sp³-hybridized carbons (Fsp3) is 0.267. The molecule has 3 rings (SSSR count). The summed E-state index contributed by atoms with van der Waals surface area (Å²) in [4.78, 5) is 12.0. The summed E-state index contributed by atoms with van der Waals surface area (Å²) >= 11 is 0. The van der Waals surface area contributed by atoms with E-state index in [0.717, 1.165) is 35.0 Å². The van der Waals surface area contributed by atoms with Crippen molar-refractivity contribution in [3.63, 3.8) is 0 Å². The Kier molecular flexibility index (Phi) is 2.76. The van der Waals surface area contributed by atoms with Crippen molar-refractivity contribution in [2.24, 2.45) is 0 Å². The number of benzene rings is 2. The number of rotatable bonds is 3. The summed E-state index contributed by atoms with van der Waals surface area (Å²) in [5.74, 6) is 0.0507. The zero-order valence-electron chi connectivity index (χ0n) is 10.4. The largest absolute Gasteiger partial charge is 0.324 e. The molecule has 1 aliphatic rings. The van der Waals surface area contributed by atoms with E-state index in [0.29, 0.717) is 0 Å². The van der Waals surface area contributed by atoms with E-state index >= 15 is 0 Å². The molecule has 92 valence electrons. The van der Waals surface area contributed by atoms with Gasteiger partial charge in [-0.15, -0.1) is 0 Å². The lowest BCUT2D eigenvalue weighted by Gasteiger charge is -2.10. The predicted octanol–water partition coefficient (Wildman–Crippen LogP) is 2.83. The third-order valence-corrected chi connectivity index (χ3v) is 3.38. The van der Waals surface area contributed by atoms with Gasteiger partial charge in [-0.05, 0) is 18.4 Å². The molecule has 0 spiro atoms. The summed E-state index contributed by atoms with van der Waals surface area (Å²) in [5, 5.41) is 8.56. The number of fused-ring (bicyclic) bond motifs is 3. The van der Waals surface area contributed by atoms with Crippen LogP contribution in [0, 0.1) is 0 Å². The number of carbonyl (C=O) groups is 1. The van der Waals surface area contributed by atoms with Crippen molar-refractivity contribution < 1.29 is 4.79 Å². The standard InChI is InChI=1S/C15H16N2O/c1-2-9-16-14-12-8-7-10-5-3-4-6-11(10)13(12)17-15(14)18/h3-8,14,16H,2,9H2,1H3,(H,17,18). The van der Waals surface area contributed by atoms with Gasteiger partial charge in [0.05, 0.1) is 5.69 Å². The molecule has 2 N–H and O–H groups in total. The van der Waals surface area contributed by atoms with E-state index in [4.69, 9.17) is 0 Å². The van der Waals surface area contributed by atoms with Crippen LogP contribution in [0.2, 0.25) is 0 Å². The molecule has 2 aromatic rings. The van der Waals surface area contributed by atoms with Crippen molar-refractivity contribution in [1.29, 1.82) is 0 Å². The van der Waals surface area contributed by atoms with Crippen LogP contribution in [0.15, 0.2) is 36.4 Å². The SMILES string of the molecule is CCCNC1C(=O)Nc2c1ccc1ccccc21. The molecule has 0 aromatic heterocycles. The molecule has 3 nitrogen and oxygen atoms in total. The minimum Gasteiger partial charge on any atom is -0.324 e. The van der Waals surface area contributed by atoms with Gasteiger partial charge in [0, 0.05) is 10.9 Å². The van der Waals surface area contributed by atoms with E-state index in [-0.39, 0.29) is 11.9 Å². The van der Waals surface area contributed by atoms with Crippen molar-refractivity contribution >= 4 is 22.4 Å². The average molecular weight is 240 g/mol. The highest BCUT2D eigenvalue weighted by Crippen LogP contribution is 2.36. The summed E-state index contributed by atoms with van der Waals surface area (Å²) < 4.78 is 0. The first-order valence-electron chi connectivity index (χ1n) is 6.37. The lowest BCUT2D eigenvalue weighted by atomic mass is 10.0. The Balaban J connectivity index is 2.09. The van der Waals surface area contributed by atoms with Gasteiger partial charge in [-0.2, -0.15) is 0 Å². The van der Waals surface area contributed by atoms with Gasteiger partial charge in [0.1, 0.15) is 6.04 Å². The van der Waals surface area contributed by atoms with E-state index < -0.39 is 0 Å². The van der Waals surface area contributed by atoms with Gasteiger partial charge < -0.3 is 10.6 Å². The Labute approximate surface area is 106 Å². The highest BCUT2D eigenvalue weighted by atomic mass is 16.2. The zero-order valence-corrected chi connectivity index (χ0v) is 10.4. The van der Waals surface area contributed by atoms with Crippen molar-refractivity contribution in [3.05, 3.63) is 42.0 Å². The molecular formula is C15H16N2O. The molecule has 3 heteroatoms. The second-order valence-electron chi connectivity index (χ2n) is 4.63. The first-order chi connectivity index (χ1) is 8.81. The Hall–Kier alpha value is -1.87. The van der Waals surface area contributed by atoms with Gasteiger partial charge in [0.15, 0.2) is 0 Å². The highest BCUT2D eigenvalue weighted by molar-refractivity contribution is 6.11. The third-order valence-electron chi connectivity index (χ3n) is 3.38. The topological polar surface area (TPSA) is 41.1 Å². The second kappa shape index (κ2) is 4.42. The minimum absolute atomic E-state index is 0.0507. The fourth-order valence-electron chi connectivity index (χ4n) is 2.50. The normalized spacial score (nSPS) is 17.8. The smallest absolute Gasteiger partial charge is 0.246 e. The molecule has 0 saturated heterocycles. The lowest BCUT2D eigenvalue weighted by molar-refractivity contribution is -0.117. The molecule has 0 saturated carbocycles. The van der Waals surface area contributed by atoms with E-state index in [1.165, 1.54) is 0 Å². The molecule has 18 heavy (non-hydrogen) atoms. The quantitative estimate of drug-likeness (QED) is 0.866. The maximum Gasteiger partial charge on any atom is 0.246 e. The highest BCUT2D eigenvalue weighted by Gasteiger charge is 2.30. The van der Waals surface area contributed by atoms with Crippen LogP contribution in [0.25, 0.3) is 10.8 Å². The van der Waals surface area contributed by atoms with Gasteiger partial charge in [-0.3, -0.25) is 4.79 Å². The zero-order chi connectivity index (χ0) is 12.5. The summed E-state index contributed by atoms with van der Waals surface area (Å²) in [6.45, 7) is 2.95. The third kappa shape index (κ3) is 1.68. The summed E-state index contributed by atoms with van der Waals surface area (Å²) in [6, 6.07) is 12.0. The molecule has 1 unspecified atom stereocenters. The van der Waals surface area contributed by atoms with Crippen molar-refractivity contribution in [1.82, 2.24) is 5.32 Å². The van der Waals surface area contributed by atoms with Gasteiger partial charge >= 0.3 is 0 Å². The predicted molar refractivity (Wildman–Crippen MR) is 73.6 cm³/mol. The first kappa shape index (κ1) is 11.2. The Morgan fingerprint density at radius 3 is 2.89 bits per heavy atom. The maximum absolute atomic E-state index is 12.0. The lowest BCUT2D eigenvalue weighted by Crippen LogP contribution is -2.27. The van der Waals surface area contributed by atoms with E-state index in [1.807, 2.05) is 18.2 Å². The van der Waals surface area contributed by atoms with Gasteiger partial charge in [-0.1, -0.05) is 43.3 Å². The van der Waals surface area contributed by atoms with Gasteiger partial charge in [0.2, 0.25) is 5.91 Å². The van der Waals surface area contributed by atoms with Crippen LogP contribution in [0.5, 0.6) is 0 Å². The number of anilines is 1. The molecule has 1 heterocycles. The molecule has 0 aliphatic carbocycles. The second-order valence-corrected chi connectivity index (χ2v) is 4.63. The van der Waals surface area contributed by atoms with Gasteiger partial charge in [-0.25, -0.2) is 0 Å². The fourth-order valence-corrected chi connectivity index (χ4v) is 2.50. The molecule has 0 bridgehead atoms. The average Bonchev–Trinajstić information content (AvgIpc) is 2.72. The van der Waals surface area contributed by atoms with Crippen LogP contribution in [-0.2, 0) is 4.79 Å². The van der Waals surface area contributed by atoms with Crippen LogP contribution < -0.4 is 10.6 Å². The van der Waals surface area contributed by atoms with Crippen LogP contribution in [0.1, 0.15) is 24.9 Å². The molecule has 0 radical (unpaired) electrons. The molecule has 0 fully saturated rings. The van der Waals surface area contributed by atoms with Crippen LogP contribution >= 0.6 is 0 Å². The minimum atomic E-state index is -0.204. The number of carbonyl (C=O) groups excluding carboxylic acids is 1. The van der Waals surface area contributed by atoms with Crippen LogP contribution in [0.4, 0.5) is 5.69 Å². The number of amides is 1. The Morgan fingerprint density at radius 2 is 2.06 bits per heavy atom. The van der Waals surface area contributed by atoms with Crippen molar-refractivity contribution in [3.8, 4) is 0 Å². The maximum atomic E-state index is 12.0. The Bertz CT molecular complexity index is 606. The monoisotopic (exact) mass is 240 g/mol. The number of hydrogen-bond donors (Lipinski definition) is 2. The number of hydrogen-bond acceptors (Lipinski definition) is 2. The van der Waals surface area contributed by atoms with Crippen molar-refractivity contribution in [2.75, 3.05) is 11.9 Å². The van der Waals surface area contributed by atoms with Gasteiger partial charge in [0.25, 0.3) is 0 Å². The summed E-state index contributed by atoms with van der Waals surface area (Å²) in [6.07, 6.45) is 1.02. The molecule has 1 aliphatic heterocycles. The van der Waals surface area contributed by atoms with Crippen molar-refractivity contribution in [2.45, 2.75) is 19.4 Å². The molecular weight excluding hydrogens is 224 g/mol. The Morgan fingerprint density at radius 1 is 1.22 bits per heavy atom. The molecule has 1 amide bonds. The van der Waals surface area contributed by atoms with E-state index in [1.54, 1.807) is 0 Å².